The maximum atomic E-state index is 12.8. The van der Waals surface area contributed by atoms with Gasteiger partial charge in [0.05, 0.1) is 35.2 Å². The van der Waals surface area contributed by atoms with Gasteiger partial charge in [0.15, 0.2) is 0 Å². The summed E-state index contributed by atoms with van der Waals surface area (Å²) < 4.78 is 5.88. The highest BCUT2D eigenvalue weighted by atomic mass is 16.5. The van der Waals surface area contributed by atoms with Crippen LogP contribution in [0.25, 0.3) is 0 Å². The van der Waals surface area contributed by atoms with Crippen LogP contribution in [-0.2, 0) is 9.53 Å². The number of aliphatic hydroxyl groups is 1. The van der Waals surface area contributed by atoms with E-state index in [-0.39, 0.29) is 24.5 Å². The summed E-state index contributed by atoms with van der Waals surface area (Å²) in [5, 5.41) is 23.2. The van der Waals surface area contributed by atoms with Crippen LogP contribution in [0.15, 0.2) is 42.5 Å². The minimum Gasteiger partial charge on any atom is -0.481 e. The van der Waals surface area contributed by atoms with Crippen molar-refractivity contribution >= 4 is 29.1 Å². The first-order valence-corrected chi connectivity index (χ1v) is 12.6. The van der Waals surface area contributed by atoms with Crippen LogP contribution in [0.5, 0.6) is 0 Å². The number of aryl methyl sites for hydroxylation is 1. The minimum absolute atomic E-state index is 0.00222. The molecule has 0 spiro atoms. The van der Waals surface area contributed by atoms with Gasteiger partial charge in [0, 0.05) is 19.1 Å². The predicted molar refractivity (Wildman–Crippen MR) is 142 cm³/mol. The lowest BCUT2D eigenvalue weighted by Crippen LogP contribution is -2.38. The summed E-state index contributed by atoms with van der Waals surface area (Å²) in [5.41, 5.74) is 8.82. The topological polar surface area (TPSA) is 125 Å². The summed E-state index contributed by atoms with van der Waals surface area (Å²) >= 11 is 0. The lowest BCUT2D eigenvalue weighted by molar-refractivity contribution is -0.137. The third-order valence-corrected chi connectivity index (χ3v) is 6.68. The molecule has 1 aliphatic rings. The van der Waals surface area contributed by atoms with Gasteiger partial charge in [-0.15, -0.1) is 0 Å². The Bertz CT molecular complexity index is 1070. The van der Waals surface area contributed by atoms with Gasteiger partial charge in [-0.05, 0) is 75.3 Å². The number of ether oxygens (including phenoxy) is 1. The van der Waals surface area contributed by atoms with Crippen LogP contribution in [-0.4, -0.2) is 46.6 Å². The Labute approximate surface area is 213 Å². The number of carbonyl (C=O) groups is 2. The number of primary amides is 1. The molecule has 0 aromatic heterocycles. The molecule has 5 N–H and O–H groups in total. The Morgan fingerprint density at radius 2 is 1.94 bits per heavy atom. The number of nitrogens with zero attached hydrogens (tertiary/aromatic N) is 1. The molecule has 36 heavy (non-hydrogen) atoms. The number of para-hydroxylation sites is 1. The highest BCUT2D eigenvalue weighted by Crippen LogP contribution is 2.38. The van der Waals surface area contributed by atoms with Crippen LogP contribution in [0.3, 0.4) is 0 Å². The van der Waals surface area contributed by atoms with E-state index in [1.165, 1.54) is 4.90 Å². The molecule has 1 aliphatic heterocycles. The number of carbonyl (C=O) groups excluding carboxylic acids is 1. The first-order chi connectivity index (χ1) is 17.0. The van der Waals surface area contributed by atoms with Gasteiger partial charge in [0.25, 0.3) is 0 Å². The molecule has 0 radical (unpaired) electrons. The van der Waals surface area contributed by atoms with Crippen molar-refractivity contribution in [3.05, 3.63) is 53.6 Å². The lowest BCUT2D eigenvalue weighted by atomic mass is 9.91. The molecule has 0 bridgehead atoms. The van der Waals surface area contributed by atoms with Crippen molar-refractivity contribution in [2.24, 2.45) is 5.73 Å². The van der Waals surface area contributed by atoms with Gasteiger partial charge >= 0.3 is 12.0 Å². The highest BCUT2D eigenvalue weighted by Gasteiger charge is 2.29. The molecule has 3 atom stereocenters. The molecule has 8 nitrogen and oxygen atoms in total. The van der Waals surface area contributed by atoms with Crippen molar-refractivity contribution in [2.75, 3.05) is 16.8 Å². The van der Waals surface area contributed by atoms with Crippen molar-refractivity contribution in [3.63, 3.8) is 0 Å². The van der Waals surface area contributed by atoms with E-state index in [1.807, 2.05) is 56.3 Å². The monoisotopic (exact) mass is 497 g/mol. The number of hydrogen-bond donors (Lipinski definition) is 4. The minimum atomic E-state index is -0.865. The van der Waals surface area contributed by atoms with E-state index in [0.29, 0.717) is 37.2 Å². The number of anilines is 3. The summed E-state index contributed by atoms with van der Waals surface area (Å²) in [6.45, 7) is 8.00. The number of hydrogen-bond acceptors (Lipinski definition) is 5. The van der Waals surface area contributed by atoms with E-state index in [4.69, 9.17) is 10.5 Å². The van der Waals surface area contributed by atoms with Crippen molar-refractivity contribution in [3.8, 4) is 0 Å². The van der Waals surface area contributed by atoms with E-state index in [1.54, 1.807) is 13.8 Å². The molecule has 196 valence electrons. The van der Waals surface area contributed by atoms with Crippen molar-refractivity contribution < 1.29 is 24.5 Å². The van der Waals surface area contributed by atoms with Gasteiger partial charge in [-0.3, -0.25) is 9.69 Å². The van der Waals surface area contributed by atoms with Gasteiger partial charge in [-0.2, -0.15) is 0 Å². The molecule has 2 amide bonds. The number of rotatable bonds is 10. The summed E-state index contributed by atoms with van der Waals surface area (Å²) in [6.07, 6.45) is 2.59. The number of nitrogens with two attached hydrogens (primary N) is 1. The maximum absolute atomic E-state index is 12.8. The molecule has 1 saturated heterocycles. The molecule has 2 aromatic rings. The van der Waals surface area contributed by atoms with Crippen LogP contribution >= 0.6 is 0 Å². The number of benzene rings is 2. The second-order valence-corrected chi connectivity index (χ2v) is 10.3. The molecular formula is C28H39N3O5. The van der Waals surface area contributed by atoms with E-state index in [2.05, 4.69) is 5.32 Å². The number of carboxylic acids is 1. The second kappa shape index (κ2) is 11.8. The largest absolute Gasteiger partial charge is 0.481 e. The van der Waals surface area contributed by atoms with E-state index in [0.717, 1.165) is 23.2 Å². The average molecular weight is 498 g/mol. The number of carboxylic acid groups (broad SMARTS) is 1. The van der Waals surface area contributed by atoms with Gasteiger partial charge in [0.2, 0.25) is 0 Å². The Morgan fingerprint density at radius 1 is 1.22 bits per heavy atom. The van der Waals surface area contributed by atoms with Gasteiger partial charge in [0.1, 0.15) is 0 Å². The smallest absolute Gasteiger partial charge is 0.323 e. The van der Waals surface area contributed by atoms with Gasteiger partial charge in [-0.25, -0.2) is 4.79 Å². The zero-order valence-corrected chi connectivity index (χ0v) is 21.7. The lowest BCUT2D eigenvalue weighted by Gasteiger charge is -2.35. The fraction of sp³-hybridized carbons (Fsp3) is 0.500. The Morgan fingerprint density at radius 3 is 2.56 bits per heavy atom. The molecule has 8 heteroatoms. The Hall–Kier alpha value is -3.10. The third-order valence-electron chi connectivity index (χ3n) is 6.68. The molecular weight excluding hydrogens is 458 g/mol. The third kappa shape index (κ3) is 7.21. The van der Waals surface area contributed by atoms with Crippen molar-refractivity contribution in [1.82, 2.24) is 0 Å². The summed E-state index contributed by atoms with van der Waals surface area (Å²) in [5.74, 6) is -1.06. The molecule has 0 aliphatic carbocycles. The summed E-state index contributed by atoms with van der Waals surface area (Å²) in [6, 6.07) is 12.7. The van der Waals surface area contributed by atoms with E-state index < -0.39 is 17.6 Å². The zero-order valence-electron chi connectivity index (χ0n) is 21.7. The number of nitrogens with one attached hydrogen (secondary N) is 1. The quantitative estimate of drug-likeness (QED) is 0.353. The van der Waals surface area contributed by atoms with Gasteiger partial charge in [-0.1, -0.05) is 31.2 Å². The fourth-order valence-corrected chi connectivity index (χ4v) is 4.93. The number of urea groups is 1. The average Bonchev–Trinajstić information content (AvgIpc) is 2.78. The van der Waals surface area contributed by atoms with E-state index >= 15 is 0 Å². The summed E-state index contributed by atoms with van der Waals surface area (Å²) in [4.78, 5) is 25.8. The van der Waals surface area contributed by atoms with Crippen LogP contribution in [0.4, 0.5) is 21.9 Å². The fourth-order valence-electron chi connectivity index (χ4n) is 4.93. The zero-order chi connectivity index (χ0) is 26.5. The molecule has 3 rings (SSSR count). The van der Waals surface area contributed by atoms with Gasteiger partial charge < -0.3 is 26.0 Å². The molecule has 1 fully saturated rings. The van der Waals surface area contributed by atoms with Crippen molar-refractivity contribution in [2.45, 2.75) is 83.5 Å². The molecule has 0 unspecified atom stereocenters. The Balaban J connectivity index is 2.02. The maximum Gasteiger partial charge on any atom is 0.323 e. The summed E-state index contributed by atoms with van der Waals surface area (Å²) in [7, 11) is 0. The predicted octanol–water partition coefficient (Wildman–Crippen LogP) is 5.30. The molecule has 2 aromatic carbocycles. The second-order valence-electron chi connectivity index (χ2n) is 10.3. The normalized spacial score (nSPS) is 18.9. The first kappa shape index (κ1) is 27.5. The molecule has 0 saturated carbocycles. The number of aliphatic carboxylic acids is 1. The molecule has 1 heterocycles. The first-order valence-electron chi connectivity index (χ1n) is 12.6. The standard InChI is InChI=1S/C28H39N3O5/c1-5-19(15-26(32)33)20-10-11-23(30-21-12-13-36-22(16-21)17-28(3,4)35)25(14-20)31(27(29)34)24-9-7-6-8-18(24)2/h6-11,14,19,21-22,30,35H,5,12-13,15-17H2,1-4H3,(H2,29,34)(H,32,33)/t19-,21-,22-/m1/s1. The number of amides is 2. The SMILES string of the molecule is CC[C@H](CC(=O)O)c1ccc(N[C@@H]2CCO[C@@H](CC(C)(C)O)C2)c(N(C(N)=O)c2ccccc2C)c1. The van der Waals surface area contributed by atoms with E-state index in [9.17, 15) is 19.8 Å². The Kier molecular flexibility index (Phi) is 8.98. The van der Waals surface area contributed by atoms with Crippen LogP contribution in [0.2, 0.25) is 0 Å². The highest BCUT2D eigenvalue weighted by molar-refractivity contribution is 6.02. The van der Waals surface area contributed by atoms with Crippen molar-refractivity contribution in [1.29, 1.82) is 0 Å². The van der Waals surface area contributed by atoms with Crippen LogP contribution in [0, 0.1) is 6.92 Å². The van der Waals surface area contributed by atoms with Crippen LogP contribution < -0.4 is 16.0 Å². The van der Waals surface area contributed by atoms with Crippen LogP contribution in [0.1, 0.15) is 69.9 Å².